The molecule has 0 aromatic heterocycles. The quantitative estimate of drug-likeness (QED) is 0.485. The number of rotatable bonds is 0. The predicted octanol–water partition coefficient (Wildman–Crippen LogP) is 6.36. The Morgan fingerprint density at radius 1 is 0.900 bits per heavy atom. The van der Waals surface area contributed by atoms with Crippen LogP contribution in [0.15, 0.2) is 24.3 Å². The van der Waals surface area contributed by atoms with Crippen LogP contribution in [0.1, 0.15) is 58.2 Å². The van der Waals surface area contributed by atoms with Crippen LogP contribution in [0.3, 0.4) is 0 Å². The van der Waals surface area contributed by atoms with Crippen LogP contribution in [-0.2, 0) is 26.3 Å². The number of allylic oxidation sites excluding steroid dienone is 2. The van der Waals surface area contributed by atoms with Gasteiger partial charge in [-0.05, 0) is 33.1 Å². The van der Waals surface area contributed by atoms with Crippen molar-refractivity contribution in [2.45, 2.75) is 47.0 Å². The van der Waals surface area contributed by atoms with Gasteiger partial charge in [-0.3, -0.25) is 0 Å². The Morgan fingerprint density at radius 3 is 1.90 bits per heavy atom. The average molecular weight is 390 g/mol. The second kappa shape index (κ2) is 7.12. The molecule has 3 heteroatoms. The fourth-order valence-electron chi connectivity index (χ4n) is 2.32. The molecular weight excluding hydrogens is 366 g/mol. The SMILES string of the molecule is CC(C)(C)C1=C[CH]c2ccc(C(C)(C)C)cc21.[Cl][Zr][Cl]. The van der Waals surface area contributed by atoms with Gasteiger partial charge in [-0.2, -0.15) is 0 Å². The summed E-state index contributed by atoms with van der Waals surface area (Å²) < 4.78 is 0. The zero-order chi connectivity index (χ0) is 15.6. The van der Waals surface area contributed by atoms with Gasteiger partial charge in [0.1, 0.15) is 0 Å². The summed E-state index contributed by atoms with van der Waals surface area (Å²) in [6.45, 7) is 13.7. The third-order valence-electron chi connectivity index (χ3n) is 3.45. The number of halogens is 2. The van der Waals surface area contributed by atoms with Crippen LogP contribution >= 0.6 is 17.0 Å². The zero-order valence-electron chi connectivity index (χ0n) is 13.1. The second-order valence-electron chi connectivity index (χ2n) is 7.12. The van der Waals surface area contributed by atoms with Crippen molar-refractivity contribution in [1.29, 1.82) is 0 Å². The molecule has 109 valence electrons. The van der Waals surface area contributed by atoms with Gasteiger partial charge in [-0.1, -0.05) is 65.8 Å². The minimum absolute atomic E-state index is 0.220. The number of hydrogen-bond donors (Lipinski definition) is 0. The van der Waals surface area contributed by atoms with Crippen LogP contribution < -0.4 is 0 Å². The Hall–Kier alpha value is 0.423. The van der Waals surface area contributed by atoms with E-state index in [9.17, 15) is 0 Å². The summed E-state index contributed by atoms with van der Waals surface area (Å²) in [6, 6.07) is 6.88. The van der Waals surface area contributed by atoms with E-state index in [1.54, 1.807) is 0 Å². The molecule has 0 saturated heterocycles. The van der Waals surface area contributed by atoms with E-state index in [0.717, 1.165) is 0 Å². The van der Waals surface area contributed by atoms with Gasteiger partial charge in [0.25, 0.3) is 0 Å². The fraction of sp³-hybridized carbons (Fsp3) is 0.471. The number of hydrogen-bond acceptors (Lipinski definition) is 0. The summed E-state index contributed by atoms with van der Waals surface area (Å²) >= 11 is -0.826. The molecule has 20 heavy (non-hydrogen) atoms. The van der Waals surface area contributed by atoms with E-state index in [-0.39, 0.29) is 10.8 Å². The molecule has 0 fully saturated rings. The first kappa shape index (κ1) is 18.5. The van der Waals surface area contributed by atoms with Gasteiger partial charge in [-0.15, -0.1) is 0 Å². The van der Waals surface area contributed by atoms with E-state index in [4.69, 9.17) is 17.0 Å². The van der Waals surface area contributed by atoms with Gasteiger partial charge >= 0.3 is 37.9 Å². The molecule has 1 aromatic carbocycles. The second-order valence-corrected chi connectivity index (χ2v) is 10.9. The average Bonchev–Trinajstić information content (AvgIpc) is 2.70. The van der Waals surface area contributed by atoms with Crippen molar-refractivity contribution in [3.8, 4) is 0 Å². The monoisotopic (exact) mass is 387 g/mol. The molecule has 0 unspecified atom stereocenters. The van der Waals surface area contributed by atoms with E-state index in [2.05, 4.69) is 72.2 Å². The van der Waals surface area contributed by atoms with E-state index < -0.39 is 20.8 Å². The van der Waals surface area contributed by atoms with Gasteiger partial charge in [0.15, 0.2) is 0 Å². The van der Waals surface area contributed by atoms with E-state index >= 15 is 0 Å². The predicted molar refractivity (Wildman–Crippen MR) is 87.7 cm³/mol. The maximum absolute atomic E-state index is 4.93. The normalized spacial score (nSPS) is 14.1. The summed E-state index contributed by atoms with van der Waals surface area (Å²) in [7, 11) is 9.87. The molecule has 0 heterocycles. The van der Waals surface area contributed by atoms with Gasteiger partial charge in [0.05, 0.1) is 0 Å². The van der Waals surface area contributed by atoms with Crippen LogP contribution in [-0.4, -0.2) is 0 Å². The molecule has 1 aromatic rings. The maximum atomic E-state index is 4.93. The molecule has 0 nitrogen and oxygen atoms in total. The van der Waals surface area contributed by atoms with Gasteiger partial charge in [0.2, 0.25) is 0 Å². The van der Waals surface area contributed by atoms with Crippen molar-refractivity contribution in [2.75, 3.05) is 0 Å². The molecule has 0 atom stereocenters. The van der Waals surface area contributed by atoms with Crippen LogP contribution in [0, 0.1) is 11.8 Å². The van der Waals surface area contributed by atoms with Crippen LogP contribution in [0.4, 0.5) is 0 Å². The van der Waals surface area contributed by atoms with Gasteiger partial charge in [0, 0.05) is 6.42 Å². The minimum atomic E-state index is -0.826. The van der Waals surface area contributed by atoms with Crippen molar-refractivity contribution in [3.63, 3.8) is 0 Å². The summed E-state index contributed by atoms with van der Waals surface area (Å²) in [5.74, 6) is 0. The molecule has 0 aliphatic heterocycles. The van der Waals surface area contributed by atoms with Crippen molar-refractivity contribution in [1.82, 2.24) is 0 Å². The summed E-state index contributed by atoms with van der Waals surface area (Å²) in [4.78, 5) is 0. The Morgan fingerprint density at radius 2 is 1.45 bits per heavy atom. The first-order valence-corrected chi connectivity index (χ1v) is 13.1. The molecule has 0 bridgehead atoms. The first-order chi connectivity index (χ1) is 9.11. The Labute approximate surface area is 142 Å². The molecule has 1 aliphatic rings. The Bertz CT molecular complexity index is 491. The molecule has 0 spiro atoms. The summed E-state index contributed by atoms with van der Waals surface area (Å²) in [5.41, 5.74) is 6.10. The van der Waals surface area contributed by atoms with Crippen molar-refractivity contribution >= 4 is 22.6 Å². The van der Waals surface area contributed by atoms with Gasteiger partial charge in [-0.25, -0.2) is 0 Å². The number of fused-ring (bicyclic) bond motifs is 1. The Kier molecular flexibility index (Phi) is 6.58. The van der Waals surface area contributed by atoms with E-state index in [1.807, 2.05) is 0 Å². The van der Waals surface area contributed by atoms with Crippen molar-refractivity contribution in [3.05, 3.63) is 47.4 Å². The van der Waals surface area contributed by atoms with E-state index in [0.29, 0.717) is 0 Å². The topological polar surface area (TPSA) is 0 Å². The zero-order valence-corrected chi connectivity index (χ0v) is 17.1. The van der Waals surface area contributed by atoms with Crippen molar-refractivity contribution in [2.24, 2.45) is 5.41 Å². The number of benzene rings is 1. The van der Waals surface area contributed by atoms with Crippen molar-refractivity contribution < 1.29 is 20.8 Å². The standard InChI is InChI=1S/C17H23.2ClH.Zr/c1-16(2,3)13-9-7-12-8-10-15(14(12)11-13)17(4,5)6;;;/h7-11H,1-6H3;2*1H;/q;;;+2/p-2. The third kappa shape index (κ3) is 4.72. The molecule has 0 amide bonds. The summed E-state index contributed by atoms with van der Waals surface area (Å²) in [6.07, 6.45) is 4.51. The fourth-order valence-corrected chi connectivity index (χ4v) is 2.32. The van der Waals surface area contributed by atoms with Crippen LogP contribution in [0.5, 0.6) is 0 Å². The van der Waals surface area contributed by atoms with Crippen LogP contribution in [0.2, 0.25) is 0 Å². The molecule has 1 aliphatic carbocycles. The molecule has 0 saturated carbocycles. The van der Waals surface area contributed by atoms with Gasteiger partial charge < -0.3 is 0 Å². The molecular formula is C17H23Cl2Zr. The first-order valence-electron chi connectivity index (χ1n) is 6.78. The van der Waals surface area contributed by atoms with E-state index in [1.165, 1.54) is 22.3 Å². The summed E-state index contributed by atoms with van der Waals surface area (Å²) in [5, 5.41) is 0. The third-order valence-corrected chi connectivity index (χ3v) is 3.45. The molecule has 1 radical (unpaired) electrons. The van der Waals surface area contributed by atoms with Crippen LogP contribution in [0.25, 0.3) is 5.57 Å². The molecule has 2 rings (SSSR count). The Balaban J connectivity index is 0.000000612. The molecule has 0 N–H and O–H groups in total.